The number of esters is 1. The van der Waals surface area contributed by atoms with Crippen LogP contribution in [-0.4, -0.2) is 36.8 Å². The molecule has 1 aliphatic carbocycles. The second-order valence-corrected chi connectivity index (χ2v) is 11.3. The van der Waals surface area contributed by atoms with Crippen molar-refractivity contribution in [2.75, 3.05) is 13.7 Å². The number of nitrogens with zero attached hydrogens (tertiary/aromatic N) is 1. The number of carbonyl (C=O) groups is 1. The number of rotatable bonds is 8. The number of fused-ring (bicyclic) bond motifs is 1. The van der Waals surface area contributed by atoms with E-state index in [4.69, 9.17) is 19.2 Å². The van der Waals surface area contributed by atoms with Gasteiger partial charge in [0.1, 0.15) is 6.04 Å². The summed E-state index contributed by atoms with van der Waals surface area (Å²) < 4.78 is 18.0. The van der Waals surface area contributed by atoms with E-state index < -0.39 is 6.04 Å². The third-order valence-electron chi connectivity index (χ3n) is 7.68. The lowest BCUT2D eigenvalue weighted by molar-refractivity contribution is -0.148. The SMILES string of the molecule is CCOC(=O)[C@H]1N[C@@H](c2ccccc2C2CC2)[C@@H](OCc2cc3ccccc3nc2OC)[C@@H]1C(C)(C)C. The Bertz CT molecular complexity index is 1260. The lowest BCUT2D eigenvalue weighted by Gasteiger charge is -2.35. The number of nitrogens with one attached hydrogen (secondary N) is 1. The Hall–Kier alpha value is -2.96. The maximum atomic E-state index is 13.2. The summed E-state index contributed by atoms with van der Waals surface area (Å²) in [5, 5.41) is 4.71. The van der Waals surface area contributed by atoms with Crippen molar-refractivity contribution in [3.8, 4) is 5.88 Å². The molecule has 6 heteroatoms. The van der Waals surface area contributed by atoms with Gasteiger partial charge in [-0.25, -0.2) is 4.98 Å². The molecule has 3 aromatic rings. The minimum absolute atomic E-state index is 0.0942. The summed E-state index contributed by atoms with van der Waals surface area (Å²) in [5.74, 6) is 0.836. The van der Waals surface area contributed by atoms with Crippen molar-refractivity contribution in [1.29, 1.82) is 0 Å². The van der Waals surface area contributed by atoms with Gasteiger partial charge in [-0.3, -0.25) is 10.1 Å². The molecule has 0 spiro atoms. The van der Waals surface area contributed by atoms with Gasteiger partial charge in [0.15, 0.2) is 0 Å². The molecule has 4 atom stereocenters. The zero-order valence-electron chi connectivity index (χ0n) is 22.5. The number of hydrogen-bond acceptors (Lipinski definition) is 6. The summed E-state index contributed by atoms with van der Waals surface area (Å²) >= 11 is 0. The van der Waals surface area contributed by atoms with Crippen LogP contribution in [0.5, 0.6) is 5.88 Å². The highest BCUT2D eigenvalue weighted by Crippen LogP contribution is 2.49. The molecule has 196 valence electrons. The van der Waals surface area contributed by atoms with Crippen LogP contribution in [0.15, 0.2) is 54.6 Å². The van der Waals surface area contributed by atoms with Crippen molar-refractivity contribution in [3.05, 3.63) is 71.3 Å². The van der Waals surface area contributed by atoms with E-state index in [1.54, 1.807) is 7.11 Å². The van der Waals surface area contributed by atoms with Crippen LogP contribution in [0.2, 0.25) is 0 Å². The van der Waals surface area contributed by atoms with E-state index in [0.717, 1.165) is 16.5 Å². The highest BCUT2D eigenvalue weighted by atomic mass is 16.5. The first-order valence-electron chi connectivity index (χ1n) is 13.4. The molecule has 0 unspecified atom stereocenters. The molecule has 2 fully saturated rings. The smallest absolute Gasteiger partial charge is 0.323 e. The summed E-state index contributed by atoms with van der Waals surface area (Å²) in [5.41, 5.74) is 4.15. The van der Waals surface area contributed by atoms with Crippen LogP contribution in [0.3, 0.4) is 0 Å². The lowest BCUT2D eigenvalue weighted by atomic mass is 9.73. The third-order valence-corrected chi connectivity index (χ3v) is 7.68. The molecule has 5 rings (SSSR count). The highest BCUT2D eigenvalue weighted by Gasteiger charge is 2.53. The number of benzene rings is 2. The Kier molecular flexibility index (Phi) is 7.24. The fourth-order valence-electron chi connectivity index (χ4n) is 5.86. The second-order valence-electron chi connectivity index (χ2n) is 11.3. The molecular formula is C31H38N2O4. The largest absolute Gasteiger partial charge is 0.481 e. The van der Waals surface area contributed by atoms with E-state index in [1.807, 2.05) is 31.2 Å². The van der Waals surface area contributed by atoms with Crippen molar-refractivity contribution in [1.82, 2.24) is 10.3 Å². The van der Waals surface area contributed by atoms with Crippen molar-refractivity contribution < 1.29 is 19.0 Å². The zero-order chi connectivity index (χ0) is 26.2. The maximum absolute atomic E-state index is 13.2. The second kappa shape index (κ2) is 10.4. The fourth-order valence-corrected chi connectivity index (χ4v) is 5.86. The molecule has 2 aliphatic rings. The van der Waals surface area contributed by atoms with E-state index in [1.165, 1.54) is 24.0 Å². The van der Waals surface area contributed by atoms with Gasteiger partial charge in [0.05, 0.1) is 38.0 Å². The molecule has 37 heavy (non-hydrogen) atoms. The van der Waals surface area contributed by atoms with E-state index in [-0.39, 0.29) is 29.4 Å². The van der Waals surface area contributed by atoms with Crippen LogP contribution in [-0.2, 0) is 20.9 Å². The lowest BCUT2D eigenvalue weighted by Crippen LogP contribution is -2.44. The molecule has 1 aliphatic heterocycles. The average Bonchev–Trinajstić information content (AvgIpc) is 3.66. The summed E-state index contributed by atoms with van der Waals surface area (Å²) in [6.07, 6.45) is 2.17. The van der Waals surface area contributed by atoms with Gasteiger partial charge >= 0.3 is 5.97 Å². The molecule has 2 aromatic carbocycles. The Labute approximate surface area is 219 Å². The molecule has 1 saturated heterocycles. The summed E-state index contributed by atoms with van der Waals surface area (Å²) in [6.45, 7) is 9.06. The van der Waals surface area contributed by atoms with E-state index in [2.05, 4.69) is 56.4 Å². The van der Waals surface area contributed by atoms with Crippen LogP contribution in [0, 0.1) is 11.3 Å². The number of para-hydroxylation sites is 1. The molecule has 0 radical (unpaired) electrons. The van der Waals surface area contributed by atoms with Gasteiger partial charge in [-0.1, -0.05) is 63.2 Å². The van der Waals surface area contributed by atoms with Crippen molar-refractivity contribution in [2.45, 2.75) is 71.2 Å². The molecule has 1 saturated carbocycles. The minimum atomic E-state index is -0.459. The van der Waals surface area contributed by atoms with Gasteiger partial charge in [0.25, 0.3) is 0 Å². The molecule has 6 nitrogen and oxygen atoms in total. The Morgan fingerprint density at radius 3 is 2.43 bits per heavy atom. The number of hydrogen-bond donors (Lipinski definition) is 1. The highest BCUT2D eigenvalue weighted by molar-refractivity contribution is 5.80. The predicted octanol–water partition coefficient (Wildman–Crippen LogP) is 5.94. The van der Waals surface area contributed by atoms with Gasteiger partial charge in [-0.2, -0.15) is 0 Å². The van der Waals surface area contributed by atoms with Gasteiger partial charge in [-0.15, -0.1) is 0 Å². The maximum Gasteiger partial charge on any atom is 0.323 e. The zero-order valence-corrected chi connectivity index (χ0v) is 22.5. The van der Waals surface area contributed by atoms with Crippen LogP contribution in [0.4, 0.5) is 0 Å². The predicted molar refractivity (Wildman–Crippen MR) is 145 cm³/mol. The fraction of sp³-hybridized carbons (Fsp3) is 0.484. The molecule has 2 heterocycles. The topological polar surface area (TPSA) is 69.7 Å². The minimum Gasteiger partial charge on any atom is -0.481 e. The van der Waals surface area contributed by atoms with Crippen LogP contribution >= 0.6 is 0 Å². The standard InChI is InChI=1S/C31H38N2O4/c1-6-36-30(34)27-25(31(2,3)4)28(26(33-27)23-13-9-8-12-22(23)19-15-16-19)37-18-21-17-20-11-7-10-14-24(20)32-29(21)35-5/h7-14,17,19,25-28,33H,6,15-16,18H2,1-5H3/t25-,26+,27+,28+/m1/s1. The van der Waals surface area contributed by atoms with E-state index >= 15 is 0 Å². The third kappa shape index (κ3) is 5.23. The molecule has 1 aromatic heterocycles. The Balaban J connectivity index is 1.53. The summed E-state index contributed by atoms with van der Waals surface area (Å²) in [7, 11) is 1.64. The van der Waals surface area contributed by atoms with Gasteiger partial charge in [0.2, 0.25) is 5.88 Å². The monoisotopic (exact) mass is 502 g/mol. The first-order valence-corrected chi connectivity index (χ1v) is 13.4. The van der Waals surface area contributed by atoms with Gasteiger partial charge in [-0.05, 0) is 54.4 Å². The van der Waals surface area contributed by atoms with Crippen LogP contribution in [0.1, 0.15) is 69.2 Å². The summed E-state index contributed by atoms with van der Waals surface area (Å²) in [4.78, 5) is 17.9. The van der Waals surface area contributed by atoms with Crippen molar-refractivity contribution in [2.24, 2.45) is 11.3 Å². The first kappa shape index (κ1) is 25.7. The number of carbonyl (C=O) groups excluding carboxylic acids is 1. The van der Waals surface area contributed by atoms with Gasteiger partial charge < -0.3 is 14.2 Å². The molecule has 1 N–H and O–H groups in total. The van der Waals surface area contributed by atoms with Gasteiger partial charge in [0, 0.05) is 16.9 Å². The Morgan fingerprint density at radius 2 is 1.76 bits per heavy atom. The quantitative estimate of drug-likeness (QED) is 0.384. The number of methoxy groups -OCH3 is 1. The average molecular weight is 503 g/mol. The number of ether oxygens (including phenoxy) is 3. The Morgan fingerprint density at radius 1 is 1.05 bits per heavy atom. The van der Waals surface area contributed by atoms with Crippen molar-refractivity contribution >= 4 is 16.9 Å². The first-order chi connectivity index (χ1) is 17.8. The van der Waals surface area contributed by atoms with E-state index in [9.17, 15) is 4.79 Å². The number of pyridine rings is 1. The molecule has 0 amide bonds. The van der Waals surface area contributed by atoms with Crippen molar-refractivity contribution in [3.63, 3.8) is 0 Å². The number of aromatic nitrogens is 1. The molecule has 0 bridgehead atoms. The molecular weight excluding hydrogens is 464 g/mol. The van der Waals surface area contributed by atoms with E-state index in [0.29, 0.717) is 25.0 Å². The normalized spacial score (nSPS) is 23.8. The summed E-state index contributed by atoms with van der Waals surface area (Å²) in [6, 6.07) is 18.1. The van der Waals surface area contributed by atoms with Crippen LogP contribution in [0.25, 0.3) is 10.9 Å². The van der Waals surface area contributed by atoms with Crippen LogP contribution < -0.4 is 10.1 Å².